The normalized spacial score (nSPS) is 17.3. The van der Waals surface area contributed by atoms with Crippen molar-refractivity contribution in [1.82, 2.24) is 19.1 Å². The molecule has 1 unspecified atom stereocenters. The number of fused-ring (bicyclic) bond motifs is 16. The van der Waals surface area contributed by atoms with Crippen molar-refractivity contribution in [2.45, 2.75) is 18.3 Å². The van der Waals surface area contributed by atoms with Crippen molar-refractivity contribution >= 4 is 50.4 Å². The Hall–Kier alpha value is -7.24. The van der Waals surface area contributed by atoms with E-state index in [-0.39, 0.29) is 5.41 Å². The number of hydrogen-bond donors (Lipinski definition) is 1. The van der Waals surface area contributed by atoms with Crippen LogP contribution in [0.1, 0.15) is 40.7 Å². The summed E-state index contributed by atoms with van der Waals surface area (Å²) in [6.07, 6.45) is 15.0. The number of nitrogens with zero attached hydrogens (tertiary/aromatic N) is 4. The number of anilines is 1. The van der Waals surface area contributed by atoms with Crippen LogP contribution >= 0.6 is 0 Å². The minimum atomic E-state index is -0.322. The van der Waals surface area contributed by atoms with Gasteiger partial charge in [-0.25, -0.2) is 4.98 Å². The van der Waals surface area contributed by atoms with Gasteiger partial charge in [-0.3, -0.25) is 14.1 Å². The van der Waals surface area contributed by atoms with Crippen molar-refractivity contribution in [2.75, 3.05) is 11.9 Å². The van der Waals surface area contributed by atoms with E-state index in [4.69, 9.17) is 9.97 Å². The van der Waals surface area contributed by atoms with E-state index in [1.807, 2.05) is 18.5 Å². The lowest BCUT2D eigenvalue weighted by molar-refractivity contribution is 0.714. The highest BCUT2D eigenvalue weighted by Crippen LogP contribution is 2.64. The summed E-state index contributed by atoms with van der Waals surface area (Å²) < 4.78 is 4.70. The van der Waals surface area contributed by atoms with E-state index in [9.17, 15) is 0 Å². The van der Waals surface area contributed by atoms with E-state index in [0.29, 0.717) is 0 Å². The highest BCUT2D eigenvalue weighted by molar-refractivity contribution is 6.16. The summed E-state index contributed by atoms with van der Waals surface area (Å²) in [6, 6.07) is 49.5. The summed E-state index contributed by atoms with van der Waals surface area (Å²) in [4.78, 5) is 9.79. The first-order valence-electron chi connectivity index (χ1n) is 19.9. The highest BCUT2D eigenvalue weighted by atomic mass is 15.1. The summed E-state index contributed by atoms with van der Waals surface area (Å²) in [6.45, 7) is 0.802. The largest absolute Gasteiger partial charge is 0.367 e. The molecule has 1 N–H and O–H groups in total. The van der Waals surface area contributed by atoms with Crippen molar-refractivity contribution < 1.29 is 0 Å². The monoisotopic (exact) mass is 729 g/mol. The van der Waals surface area contributed by atoms with Crippen molar-refractivity contribution in [3.05, 3.63) is 197 Å². The third-order valence-electron chi connectivity index (χ3n) is 13.0. The molecule has 0 bridgehead atoms. The maximum Gasteiger partial charge on any atom is 0.145 e. The quantitative estimate of drug-likeness (QED) is 0.197. The molecule has 57 heavy (non-hydrogen) atoms. The van der Waals surface area contributed by atoms with E-state index >= 15 is 0 Å². The number of nitrogens with one attached hydrogen (secondary N) is 1. The van der Waals surface area contributed by atoms with Crippen LogP contribution < -0.4 is 5.32 Å². The fraction of sp³-hybridized carbons (Fsp3) is 0.0769. The zero-order valence-corrected chi connectivity index (χ0v) is 31.1. The first kappa shape index (κ1) is 31.0. The number of benzene rings is 5. The summed E-state index contributed by atoms with van der Waals surface area (Å²) in [5, 5.41) is 5.98. The highest BCUT2D eigenvalue weighted by Gasteiger charge is 2.53. The minimum absolute atomic E-state index is 0.322. The molecular formula is C52H35N5. The Balaban J connectivity index is 0.979. The number of hydrogen-bond acceptors (Lipinski definition) is 3. The molecule has 5 heterocycles. The van der Waals surface area contributed by atoms with E-state index in [1.54, 1.807) is 0 Å². The fourth-order valence-corrected chi connectivity index (χ4v) is 10.7. The molecule has 4 aliphatic rings. The molecule has 1 aliphatic heterocycles. The van der Waals surface area contributed by atoms with Crippen LogP contribution in [0.25, 0.3) is 78.2 Å². The van der Waals surface area contributed by atoms with Crippen LogP contribution in [0, 0.1) is 0 Å². The summed E-state index contributed by atoms with van der Waals surface area (Å²) in [5.41, 5.74) is 20.8. The topological polar surface area (TPSA) is 47.7 Å². The average molecular weight is 730 g/mol. The van der Waals surface area contributed by atoms with Gasteiger partial charge in [0.05, 0.1) is 22.0 Å². The molecule has 5 nitrogen and oxygen atoms in total. The van der Waals surface area contributed by atoms with Gasteiger partial charge in [0.1, 0.15) is 11.5 Å². The molecule has 13 rings (SSSR count). The van der Waals surface area contributed by atoms with Crippen LogP contribution in [0.15, 0.2) is 170 Å². The lowest BCUT2D eigenvalue weighted by atomic mass is 9.68. The molecule has 1 spiro atoms. The van der Waals surface area contributed by atoms with Crippen molar-refractivity contribution in [2.24, 2.45) is 0 Å². The SMILES string of the molecule is C1=CC2=C(CC1)C1(c3ccccc32)c2ccccc2-c2c1ccc1c3cccnc3n(-c3ccc(-c4ccc(-n5c6c(c7ncccc75)C=CCN6)cc4)cc3)c21. The van der Waals surface area contributed by atoms with Gasteiger partial charge in [-0.1, -0.05) is 109 Å². The first-order chi connectivity index (χ1) is 28.3. The Bertz CT molecular complexity index is 3280. The molecule has 0 saturated heterocycles. The fourth-order valence-electron chi connectivity index (χ4n) is 10.7. The summed E-state index contributed by atoms with van der Waals surface area (Å²) in [5.74, 6) is 1.09. The van der Waals surface area contributed by atoms with E-state index in [0.717, 1.165) is 58.8 Å². The standard InChI is InChI=1S/C52H35N5/c1-4-15-42-36(10-1)37-11-2-5-16-43(37)52(42)44-17-6-3-12-40(44)47-45(52)28-27-38-39-13-7-30-54-50(39)57(49(38)47)35-25-21-33(22-26-35)32-19-23-34(24-20-32)56-46-18-9-29-53-48(46)41-14-8-31-55-51(41)56/h1-4,6-15,17-30,55H,5,16,31H2. The Labute approximate surface area is 329 Å². The zero-order valence-electron chi connectivity index (χ0n) is 31.1. The lowest BCUT2D eigenvalue weighted by Crippen LogP contribution is -2.27. The average Bonchev–Trinajstić information content (AvgIpc) is 3.99. The molecule has 5 heteroatoms. The van der Waals surface area contributed by atoms with Gasteiger partial charge >= 0.3 is 0 Å². The maximum atomic E-state index is 5.06. The number of aromatic nitrogens is 4. The van der Waals surface area contributed by atoms with Crippen LogP contribution in [0.3, 0.4) is 0 Å². The number of pyridine rings is 2. The number of allylic oxidation sites excluding steroid dienone is 4. The third-order valence-corrected chi connectivity index (χ3v) is 13.0. The Morgan fingerprint density at radius 2 is 1.30 bits per heavy atom. The Morgan fingerprint density at radius 1 is 0.579 bits per heavy atom. The van der Waals surface area contributed by atoms with Crippen molar-refractivity contribution in [3.8, 4) is 33.6 Å². The van der Waals surface area contributed by atoms with E-state index < -0.39 is 0 Å². The Kier molecular flexibility index (Phi) is 6.21. The Morgan fingerprint density at radius 3 is 2.12 bits per heavy atom. The summed E-state index contributed by atoms with van der Waals surface area (Å²) >= 11 is 0. The molecule has 0 saturated carbocycles. The van der Waals surface area contributed by atoms with Gasteiger partial charge in [-0.15, -0.1) is 0 Å². The smallest absolute Gasteiger partial charge is 0.145 e. The predicted molar refractivity (Wildman–Crippen MR) is 233 cm³/mol. The van der Waals surface area contributed by atoms with Gasteiger partial charge in [0, 0.05) is 52.2 Å². The van der Waals surface area contributed by atoms with Gasteiger partial charge < -0.3 is 5.32 Å². The van der Waals surface area contributed by atoms with Crippen LogP contribution in [-0.2, 0) is 5.41 Å². The zero-order chi connectivity index (χ0) is 37.2. The molecule has 268 valence electrons. The molecule has 0 fully saturated rings. The van der Waals surface area contributed by atoms with Crippen LogP contribution in [0.5, 0.6) is 0 Å². The van der Waals surface area contributed by atoms with Gasteiger partial charge in [0.2, 0.25) is 0 Å². The van der Waals surface area contributed by atoms with Gasteiger partial charge in [0.15, 0.2) is 0 Å². The van der Waals surface area contributed by atoms with Gasteiger partial charge in [-0.05, 0) is 111 Å². The molecule has 1 atom stereocenters. The molecule has 0 radical (unpaired) electrons. The molecular weight excluding hydrogens is 695 g/mol. The van der Waals surface area contributed by atoms with Gasteiger partial charge in [0.25, 0.3) is 0 Å². The first-order valence-corrected chi connectivity index (χ1v) is 19.9. The predicted octanol–water partition coefficient (Wildman–Crippen LogP) is 12.1. The number of rotatable bonds is 3. The van der Waals surface area contributed by atoms with Crippen LogP contribution in [0.2, 0.25) is 0 Å². The lowest BCUT2D eigenvalue weighted by Gasteiger charge is -2.33. The molecule has 4 aromatic heterocycles. The van der Waals surface area contributed by atoms with Gasteiger partial charge in [-0.2, -0.15) is 0 Å². The molecule has 0 amide bonds. The third kappa shape index (κ3) is 3.98. The maximum absolute atomic E-state index is 5.06. The second-order valence-corrected chi connectivity index (χ2v) is 15.6. The second kappa shape index (κ2) is 11.4. The van der Waals surface area contributed by atoms with Crippen molar-refractivity contribution in [1.29, 1.82) is 0 Å². The van der Waals surface area contributed by atoms with Crippen molar-refractivity contribution in [3.63, 3.8) is 0 Å². The van der Waals surface area contributed by atoms with E-state index in [2.05, 4.69) is 166 Å². The minimum Gasteiger partial charge on any atom is -0.367 e. The molecule has 9 aromatic rings. The van der Waals surface area contributed by atoms with Crippen LogP contribution in [0.4, 0.5) is 5.82 Å². The second-order valence-electron chi connectivity index (χ2n) is 15.6. The van der Waals surface area contributed by atoms with Crippen LogP contribution in [-0.4, -0.2) is 25.6 Å². The summed E-state index contributed by atoms with van der Waals surface area (Å²) in [7, 11) is 0. The molecule has 3 aliphatic carbocycles. The van der Waals surface area contributed by atoms with E-state index in [1.165, 1.54) is 71.9 Å². The molecule has 5 aromatic carbocycles.